The standard InChI is InChI=1S/C15H28O2Si/c1-8-9-10-11-15(16)17-18(12(2)3,13(4)5)14(6)7/h8-14H,1-7H3/b9-8+,11-10+. The van der Waals surface area contributed by atoms with Crippen molar-refractivity contribution in [2.24, 2.45) is 0 Å². The van der Waals surface area contributed by atoms with Crippen LogP contribution in [-0.2, 0) is 9.22 Å². The van der Waals surface area contributed by atoms with Crippen molar-refractivity contribution in [3.63, 3.8) is 0 Å². The highest BCUT2D eigenvalue weighted by molar-refractivity contribution is 6.79. The third-order valence-electron chi connectivity index (χ3n) is 3.52. The van der Waals surface area contributed by atoms with Crippen LogP contribution in [0.2, 0.25) is 16.6 Å². The number of hydrogen-bond acceptors (Lipinski definition) is 2. The average molecular weight is 268 g/mol. The zero-order valence-electron chi connectivity index (χ0n) is 12.9. The summed E-state index contributed by atoms with van der Waals surface area (Å²) in [5, 5.41) is 0. The first-order valence-electron chi connectivity index (χ1n) is 6.81. The molecule has 0 aliphatic carbocycles. The van der Waals surface area contributed by atoms with E-state index < -0.39 is 8.32 Å². The average Bonchev–Trinajstić information content (AvgIpc) is 2.24. The van der Waals surface area contributed by atoms with Crippen LogP contribution in [0.1, 0.15) is 48.5 Å². The lowest BCUT2D eigenvalue weighted by Crippen LogP contribution is -2.49. The van der Waals surface area contributed by atoms with Gasteiger partial charge in [-0.25, -0.2) is 4.79 Å². The minimum atomic E-state index is -2.08. The molecule has 104 valence electrons. The van der Waals surface area contributed by atoms with Crippen molar-refractivity contribution in [3.05, 3.63) is 24.3 Å². The highest BCUT2D eigenvalue weighted by atomic mass is 28.4. The molecule has 0 bridgehead atoms. The lowest BCUT2D eigenvalue weighted by Gasteiger charge is -2.40. The quantitative estimate of drug-likeness (QED) is 0.391. The van der Waals surface area contributed by atoms with Crippen LogP contribution in [0.3, 0.4) is 0 Å². The Bertz CT molecular complexity index is 293. The molecule has 0 aromatic rings. The third-order valence-corrected chi connectivity index (χ3v) is 9.49. The predicted octanol–water partition coefficient (Wildman–Crippen LogP) is 4.84. The van der Waals surface area contributed by atoms with Gasteiger partial charge in [-0.3, -0.25) is 0 Å². The van der Waals surface area contributed by atoms with Crippen molar-refractivity contribution < 1.29 is 9.22 Å². The minimum Gasteiger partial charge on any atom is -0.515 e. The van der Waals surface area contributed by atoms with Crippen molar-refractivity contribution in [2.75, 3.05) is 0 Å². The van der Waals surface area contributed by atoms with Gasteiger partial charge < -0.3 is 4.43 Å². The molecule has 3 heteroatoms. The van der Waals surface area contributed by atoms with Gasteiger partial charge in [0.1, 0.15) is 0 Å². The van der Waals surface area contributed by atoms with Gasteiger partial charge in [0.15, 0.2) is 0 Å². The molecule has 0 spiro atoms. The highest BCUT2D eigenvalue weighted by Gasteiger charge is 2.47. The lowest BCUT2D eigenvalue weighted by atomic mass is 10.4. The zero-order chi connectivity index (χ0) is 14.3. The van der Waals surface area contributed by atoms with Crippen LogP contribution in [0.5, 0.6) is 0 Å². The topological polar surface area (TPSA) is 26.3 Å². The van der Waals surface area contributed by atoms with Gasteiger partial charge in [-0.05, 0) is 23.5 Å². The molecule has 0 radical (unpaired) electrons. The summed E-state index contributed by atoms with van der Waals surface area (Å²) in [6, 6.07) is 0. The van der Waals surface area contributed by atoms with Gasteiger partial charge in [-0.15, -0.1) is 0 Å². The Labute approximate surface area is 113 Å². The van der Waals surface area contributed by atoms with E-state index in [0.717, 1.165) is 0 Å². The molecule has 0 amide bonds. The van der Waals surface area contributed by atoms with Gasteiger partial charge in [0, 0.05) is 6.08 Å². The number of allylic oxidation sites excluding steroid dienone is 3. The molecule has 0 N–H and O–H groups in total. The summed E-state index contributed by atoms with van der Waals surface area (Å²) in [6.45, 7) is 15.0. The maximum Gasteiger partial charge on any atom is 0.317 e. The van der Waals surface area contributed by atoms with E-state index >= 15 is 0 Å². The minimum absolute atomic E-state index is 0.198. The Morgan fingerprint density at radius 3 is 1.72 bits per heavy atom. The number of carbonyl (C=O) groups excluding carboxylic acids is 1. The lowest BCUT2D eigenvalue weighted by molar-refractivity contribution is -0.130. The molecule has 0 saturated carbocycles. The van der Waals surface area contributed by atoms with Crippen LogP contribution in [0.4, 0.5) is 0 Å². The van der Waals surface area contributed by atoms with Crippen LogP contribution >= 0.6 is 0 Å². The molecule has 0 aromatic heterocycles. The molecule has 0 atom stereocenters. The first kappa shape index (κ1) is 17.2. The molecule has 0 saturated heterocycles. The molecule has 0 rings (SSSR count). The molecule has 18 heavy (non-hydrogen) atoms. The van der Waals surface area contributed by atoms with E-state index in [0.29, 0.717) is 16.6 Å². The van der Waals surface area contributed by atoms with Gasteiger partial charge in [0.25, 0.3) is 8.32 Å². The van der Waals surface area contributed by atoms with Gasteiger partial charge in [-0.2, -0.15) is 0 Å². The second-order valence-corrected chi connectivity index (χ2v) is 11.0. The molecule has 0 heterocycles. The Morgan fingerprint density at radius 1 is 0.944 bits per heavy atom. The first-order chi connectivity index (χ1) is 8.28. The Hall–Kier alpha value is -0.833. The maximum absolute atomic E-state index is 11.9. The monoisotopic (exact) mass is 268 g/mol. The summed E-state index contributed by atoms with van der Waals surface area (Å²) in [4.78, 5) is 11.9. The SMILES string of the molecule is C/C=C/C=C/C(=O)O[Si](C(C)C)(C(C)C)C(C)C. The van der Waals surface area contributed by atoms with Gasteiger partial charge in [-0.1, -0.05) is 59.8 Å². The van der Waals surface area contributed by atoms with E-state index in [9.17, 15) is 4.79 Å². The summed E-state index contributed by atoms with van der Waals surface area (Å²) in [5.41, 5.74) is 1.28. The van der Waals surface area contributed by atoms with Gasteiger partial charge >= 0.3 is 5.97 Å². The van der Waals surface area contributed by atoms with Gasteiger partial charge in [0.2, 0.25) is 0 Å². The number of carbonyl (C=O) groups is 1. The highest BCUT2D eigenvalue weighted by Crippen LogP contribution is 2.42. The molecule has 0 unspecified atom stereocenters. The van der Waals surface area contributed by atoms with E-state index in [1.165, 1.54) is 6.08 Å². The Morgan fingerprint density at radius 2 is 1.39 bits per heavy atom. The summed E-state index contributed by atoms with van der Waals surface area (Å²) in [5.74, 6) is -0.198. The second-order valence-electron chi connectivity index (χ2n) is 5.62. The van der Waals surface area contributed by atoms with E-state index in [1.807, 2.05) is 19.1 Å². The van der Waals surface area contributed by atoms with Crippen LogP contribution in [0, 0.1) is 0 Å². The van der Waals surface area contributed by atoms with E-state index in [2.05, 4.69) is 41.5 Å². The fourth-order valence-corrected chi connectivity index (χ4v) is 7.93. The Kier molecular flexibility index (Phi) is 7.22. The summed E-state index contributed by atoms with van der Waals surface area (Å²) in [7, 11) is -2.08. The van der Waals surface area contributed by atoms with Crippen molar-refractivity contribution in [1.82, 2.24) is 0 Å². The van der Waals surface area contributed by atoms with Crippen molar-refractivity contribution in [2.45, 2.75) is 65.1 Å². The zero-order valence-corrected chi connectivity index (χ0v) is 13.9. The predicted molar refractivity (Wildman–Crippen MR) is 81.1 cm³/mol. The third kappa shape index (κ3) is 4.12. The molecule has 0 aromatic carbocycles. The maximum atomic E-state index is 11.9. The largest absolute Gasteiger partial charge is 0.515 e. The first-order valence-corrected chi connectivity index (χ1v) is 8.95. The molecule has 0 fully saturated rings. The van der Waals surface area contributed by atoms with E-state index in [1.54, 1.807) is 6.08 Å². The fourth-order valence-electron chi connectivity index (χ4n) is 2.81. The fraction of sp³-hybridized carbons (Fsp3) is 0.667. The summed E-state index contributed by atoms with van der Waals surface area (Å²) >= 11 is 0. The van der Waals surface area contributed by atoms with Gasteiger partial charge in [0.05, 0.1) is 0 Å². The molecular formula is C15H28O2Si. The van der Waals surface area contributed by atoms with E-state index in [4.69, 9.17) is 4.43 Å². The molecule has 0 aliphatic rings. The van der Waals surface area contributed by atoms with Crippen LogP contribution < -0.4 is 0 Å². The van der Waals surface area contributed by atoms with Crippen LogP contribution in [-0.4, -0.2) is 14.3 Å². The summed E-state index contributed by atoms with van der Waals surface area (Å²) < 4.78 is 5.95. The molecule has 0 aliphatic heterocycles. The van der Waals surface area contributed by atoms with Crippen molar-refractivity contribution in [1.29, 1.82) is 0 Å². The van der Waals surface area contributed by atoms with Crippen molar-refractivity contribution >= 4 is 14.3 Å². The smallest absolute Gasteiger partial charge is 0.317 e. The van der Waals surface area contributed by atoms with Crippen molar-refractivity contribution in [3.8, 4) is 0 Å². The number of hydrogen-bond donors (Lipinski definition) is 0. The number of rotatable bonds is 6. The van der Waals surface area contributed by atoms with E-state index in [-0.39, 0.29) is 5.97 Å². The summed E-state index contributed by atoms with van der Waals surface area (Å²) in [6.07, 6.45) is 6.99. The second kappa shape index (κ2) is 7.57. The van der Waals surface area contributed by atoms with Crippen LogP contribution in [0.25, 0.3) is 0 Å². The molecule has 2 nitrogen and oxygen atoms in total. The van der Waals surface area contributed by atoms with Crippen LogP contribution in [0.15, 0.2) is 24.3 Å². The Balaban J connectivity index is 5.07. The normalized spacial score (nSPS) is 13.4. The molecular weight excluding hydrogens is 240 g/mol.